The zero-order valence-corrected chi connectivity index (χ0v) is 20.3. The van der Waals surface area contributed by atoms with Crippen LogP contribution >= 0.6 is 0 Å². The van der Waals surface area contributed by atoms with Crippen LogP contribution in [-0.4, -0.2) is 32.0 Å². The van der Waals surface area contributed by atoms with Gasteiger partial charge in [0.2, 0.25) is 5.76 Å². The Morgan fingerprint density at radius 1 is 1.06 bits per heavy atom. The first kappa shape index (κ1) is 25.3. The van der Waals surface area contributed by atoms with Gasteiger partial charge in [-0.2, -0.15) is 5.16 Å². The summed E-state index contributed by atoms with van der Waals surface area (Å²) < 4.78 is 39.3. The molecule has 10 heteroatoms. The van der Waals surface area contributed by atoms with E-state index in [4.69, 9.17) is 9.26 Å². The number of amides is 1. The molecule has 0 saturated heterocycles. The van der Waals surface area contributed by atoms with E-state index in [1.165, 1.54) is 12.1 Å². The van der Waals surface area contributed by atoms with Gasteiger partial charge in [0.1, 0.15) is 17.7 Å². The second-order valence-electron chi connectivity index (χ2n) is 8.99. The largest absolute Gasteiger partial charge is 0.380 e. The zero-order valence-electron chi connectivity index (χ0n) is 19.3. The van der Waals surface area contributed by atoms with Gasteiger partial charge in [0.05, 0.1) is 20.7 Å². The maximum absolute atomic E-state index is 14.7. The number of Topliss-reactive ketones (excluding diaryl/α,β-unsaturated/α-hetero) is 1. The summed E-state index contributed by atoms with van der Waals surface area (Å²) in [4.78, 5) is 37.1. The van der Waals surface area contributed by atoms with Crippen LogP contribution < -0.4 is 16.1 Å². The normalized spacial score (nSPS) is 12.4. The molecule has 0 radical (unpaired) electrons. The predicted octanol–water partition coefficient (Wildman–Crippen LogP) is 3.22. The van der Waals surface area contributed by atoms with Crippen molar-refractivity contribution in [1.82, 2.24) is 10.5 Å². The first-order valence-electron chi connectivity index (χ1n) is 10.6. The summed E-state index contributed by atoms with van der Waals surface area (Å²) in [5, 5.41) is 4.63. The first-order valence-corrected chi connectivity index (χ1v) is 14.1. The van der Waals surface area contributed by atoms with Crippen LogP contribution in [0.5, 0.6) is 0 Å². The molecule has 180 valence electrons. The highest BCUT2D eigenvalue weighted by atomic mass is 28.3. The fourth-order valence-corrected chi connectivity index (χ4v) is 5.24. The van der Waals surface area contributed by atoms with Crippen molar-refractivity contribution in [3.05, 3.63) is 86.9 Å². The molecule has 7 nitrogen and oxygen atoms in total. The van der Waals surface area contributed by atoms with Gasteiger partial charge in [-0.25, -0.2) is 8.78 Å². The molecular weight excluding hydrogens is 462 g/mol. The number of ketones is 1. The van der Waals surface area contributed by atoms with Gasteiger partial charge < -0.3 is 14.6 Å². The maximum atomic E-state index is 14.7. The van der Waals surface area contributed by atoms with Gasteiger partial charge in [-0.3, -0.25) is 14.4 Å². The number of carbonyl (C=O) groups is 2. The van der Waals surface area contributed by atoms with E-state index in [-0.39, 0.29) is 22.9 Å². The Balaban J connectivity index is 1.91. The second-order valence-corrected chi connectivity index (χ2v) is 14.0. The summed E-state index contributed by atoms with van der Waals surface area (Å²) in [5.74, 6) is -2.94. The standard InChI is InChI=1S/C24H26F2N2O5Si/c1-32-13-14-5-7-16(8-6-14)22(27-24(31)20-12-21(30)28-33-20)19(29)11-15-9-17(25)23(18(26)10-15)34(2,3)4/h5-10,12,22H,11,13H2,1-4H3,(H,27,31)(H,28,30)/t22-/m1/s1. The van der Waals surface area contributed by atoms with Gasteiger partial charge in [0, 0.05) is 18.7 Å². The minimum atomic E-state index is -2.27. The summed E-state index contributed by atoms with van der Waals surface area (Å²) in [6.07, 6.45) is -0.318. The molecule has 0 spiro atoms. The van der Waals surface area contributed by atoms with Crippen LogP contribution in [-0.2, 0) is 22.6 Å². The molecule has 0 bridgehead atoms. The Morgan fingerprint density at radius 3 is 2.18 bits per heavy atom. The van der Waals surface area contributed by atoms with Crippen LogP contribution in [0.4, 0.5) is 8.78 Å². The molecule has 1 atom stereocenters. The van der Waals surface area contributed by atoms with E-state index < -0.39 is 43.0 Å². The van der Waals surface area contributed by atoms with Crippen molar-refractivity contribution in [1.29, 1.82) is 0 Å². The molecule has 34 heavy (non-hydrogen) atoms. The number of aromatic nitrogens is 1. The highest BCUT2D eigenvalue weighted by Gasteiger charge is 2.28. The lowest BCUT2D eigenvalue weighted by Crippen LogP contribution is -2.42. The molecule has 1 heterocycles. The Hall–Kier alpha value is -3.37. The van der Waals surface area contributed by atoms with Crippen molar-refractivity contribution >= 4 is 25.0 Å². The quantitative estimate of drug-likeness (QED) is 0.451. The third-order valence-corrected chi connectivity index (χ3v) is 7.18. The molecule has 0 aliphatic carbocycles. The SMILES string of the molecule is COCc1ccc([C@@H](NC(=O)c2cc(=O)[nH]o2)C(=O)Cc2cc(F)c([Si](C)(C)C)c(F)c2)cc1. The zero-order chi connectivity index (χ0) is 25.0. The average Bonchev–Trinajstić information content (AvgIpc) is 3.17. The summed E-state index contributed by atoms with van der Waals surface area (Å²) in [6, 6.07) is 8.93. The molecule has 0 unspecified atom stereocenters. The molecule has 1 amide bonds. The minimum absolute atomic E-state index is 0.0739. The second kappa shape index (κ2) is 10.3. The Kier molecular flexibility index (Phi) is 7.63. The predicted molar refractivity (Wildman–Crippen MR) is 125 cm³/mol. The number of H-pyrrole nitrogens is 1. The number of hydrogen-bond donors (Lipinski definition) is 2. The van der Waals surface area contributed by atoms with Gasteiger partial charge in [0.15, 0.2) is 5.78 Å². The van der Waals surface area contributed by atoms with Gasteiger partial charge in [-0.05, 0) is 28.8 Å². The number of carbonyl (C=O) groups excluding carboxylic acids is 2. The maximum Gasteiger partial charge on any atom is 0.290 e. The van der Waals surface area contributed by atoms with E-state index in [9.17, 15) is 23.2 Å². The van der Waals surface area contributed by atoms with E-state index in [0.29, 0.717) is 12.2 Å². The first-order chi connectivity index (χ1) is 16.0. The molecule has 2 aromatic carbocycles. The number of halogens is 2. The topological polar surface area (TPSA) is 101 Å². The number of ether oxygens (including phenoxy) is 1. The number of aromatic amines is 1. The molecular formula is C24H26F2N2O5Si. The van der Waals surface area contributed by atoms with Crippen molar-refractivity contribution in [3.8, 4) is 0 Å². The van der Waals surface area contributed by atoms with E-state index in [1.54, 1.807) is 31.4 Å². The van der Waals surface area contributed by atoms with Crippen LogP contribution in [0.15, 0.2) is 51.8 Å². The van der Waals surface area contributed by atoms with Crippen LogP contribution in [0, 0.1) is 11.6 Å². The Labute approximate surface area is 196 Å². The van der Waals surface area contributed by atoms with E-state index in [2.05, 4.69) is 5.32 Å². The number of rotatable bonds is 9. The Bertz CT molecular complexity index is 1220. The van der Waals surface area contributed by atoms with Crippen molar-refractivity contribution in [2.75, 3.05) is 7.11 Å². The third-order valence-electron chi connectivity index (χ3n) is 5.20. The van der Waals surface area contributed by atoms with Crippen LogP contribution in [0.3, 0.4) is 0 Å². The number of benzene rings is 2. The van der Waals surface area contributed by atoms with Crippen molar-refractivity contribution < 1.29 is 27.6 Å². The number of methoxy groups -OCH3 is 1. The molecule has 0 fully saturated rings. The number of nitrogens with one attached hydrogen (secondary N) is 2. The summed E-state index contributed by atoms with van der Waals surface area (Å²) in [7, 11) is -0.718. The highest BCUT2D eigenvalue weighted by molar-refractivity contribution is 6.88. The molecule has 0 saturated carbocycles. The highest BCUT2D eigenvalue weighted by Crippen LogP contribution is 2.20. The molecule has 3 rings (SSSR count). The molecule has 1 aromatic heterocycles. The fourth-order valence-electron chi connectivity index (χ4n) is 3.67. The molecule has 3 aromatic rings. The lowest BCUT2D eigenvalue weighted by molar-refractivity contribution is -0.120. The molecule has 0 aliphatic rings. The van der Waals surface area contributed by atoms with Gasteiger partial charge >= 0.3 is 0 Å². The fraction of sp³-hybridized carbons (Fsp3) is 0.292. The van der Waals surface area contributed by atoms with Crippen molar-refractivity contribution in [3.63, 3.8) is 0 Å². The summed E-state index contributed by atoms with van der Waals surface area (Å²) >= 11 is 0. The van der Waals surface area contributed by atoms with Crippen LogP contribution in [0.25, 0.3) is 0 Å². The number of hydrogen-bond acceptors (Lipinski definition) is 5. The average molecular weight is 489 g/mol. The van der Waals surface area contributed by atoms with Crippen molar-refractivity contribution in [2.45, 2.75) is 38.7 Å². The van der Waals surface area contributed by atoms with E-state index >= 15 is 0 Å². The molecule has 2 N–H and O–H groups in total. The smallest absolute Gasteiger partial charge is 0.290 e. The summed E-state index contributed by atoms with van der Waals surface area (Å²) in [5.41, 5.74) is 0.859. The monoisotopic (exact) mass is 488 g/mol. The lowest BCUT2D eigenvalue weighted by Gasteiger charge is -2.20. The van der Waals surface area contributed by atoms with Crippen LogP contribution in [0.1, 0.15) is 33.3 Å². The third kappa shape index (κ3) is 5.94. The summed E-state index contributed by atoms with van der Waals surface area (Å²) in [6.45, 7) is 5.86. The Morgan fingerprint density at radius 2 is 1.68 bits per heavy atom. The van der Waals surface area contributed by atoms with Crippen LogP contribution in [0.2, 0.25) is 19.6 Å². The van der Waals surface area contributed by atoms with Crippen molar-refractivity contribution in [2.24, 2.45) is 0 Å². The lowest BCUT2D eigenvalue weighted by atomic mass is 9.96. The van der Waals surface area contributed by atoms with Gasteiger partial charge in [0.25, 0.3) is 11.5 Å². The van der Waals surface area contributed by atoms with Gasteiger partial charge in [-0.1, -0.05) is 43.9 Å². The van der Waals surface area contributed by atoms with E-state index in [0.717, 1.165) is 11.6 Å². The van der Waals surface area contributed by atoms with E-state index in [1.807, 2.05) is 24.8 Å². The van der Waals surface area contributed by atoms with Gasteiger partial charge in [-0.15, -0.1) is 0 Å². The molecule has 0 aliphatic heterocycles. The minimum Gasteiger partial charge on any atom is -0.380 e.